The zero-order chi connectivity index (χ0) is 21.7. The molecule has 5 heterocycles. The minimum atomic E-state index is -0.538. The molecule has 0 aliphatic heterocycles. The smallest absolute Gasteiger partial charge is 0.178 e. The van der Waals surface area contributed by atoms with Gasteiger partial charge in [-0.25, -0.2) is 19.3 Å². The van der Waals surface area contributed by atoms with Gasteiger partial charge in [-0.05, 0) is 35.9 Å². The van der Waals surface area contributed by atoms with Gasteiger partial charge in [0.2, 0.25) is 0 Å². The van der Waals surface area contributed by atoms with Crippen LogP contribution in [0.1, 0.15) is 0 Å². The number of phenolic OH excluding ortho intramolecular Hbond substituents is 1. The van der Waals surface area contributed by atoms with Crippen molar-refractivity contribution in [1.29, 1.82) is 0 Å². The lowest BCUT2D eigenvalue weighted by molar-refractivity contribution is 0.469. The highest BCUT2D eigenvalue weighted by molar-refractivity contribution is 5.95. The summed E-state index contributed by atoms with van der Waals surface area (Å²) in [6, 6.07) is 9.31. The number of aromatic hydroxyl groups is 1. The number of hydrogen-bond acceptors (Lipinski definition) is 7. The van der Waals surface area contributed by atoms with Crippen molar-refractivity contribution in [1.82, 2.24) is 40.1 Å². The summed E-state index contributed by atoms with van der Waals surface area (Å²) in [5.74, 6) is -0.247. The SMILES string of the molecule is Oc1cc(F)cc(-c2ccnc3nc(-c4n[nH]c5ccc(-c6cnccn6)nc45)[nH]c23)c1. The predicted molar refractivity (Wildman–Crippen MR) is 115 cm³/mol. The molecular weight excluding hydrogens is 411 g/mol. The van der Waals surface area contributed by atoms with Crippen molar-refractivity contribution in [3.63, 3.8) is 0 Å². The highest BCUT2D eigenvalue weighted by Gasteiger charge is 2.18. The summed E-state index contributed by atoms with van der Waals surface area (Å²) in [6.45, 7) is 0. The predicted octanol–water partition coefficient (Wildman–Crippen LogP) is 3.86. The van der Waals surface area contributed by atoms with Gasteiger partial charge in [-0.15, -0.1) is 0 Å². The Morgan fingerprint density at radius 1 is 0.906 bits per heavy atom. The lowest BCUT2D eigenvalue weighted by atomic mass is 10.1. The number of rotatable bonds is 3. The molecule has 32 heavy (non-hydrogen) atoms. The monoisotopic (exact) mass is 424 g/mol. The van der Waals surface area contributed by atoms with E-state index >= 15 is 0 Å². The van der Waals surface area contributed by atoms with Crippen LogP contribution in [0.25, 0.3) is 56.2 Å². The molecule has 0 aliphatic rings. The van der Waals surface area contributed by atoms with Crippen LogP contribution in [0.4, 0.5) is 4.39 Å². The van der Waals surface area contributed by atoms with Gasteiger partial charge in [0.05, 0.1) is 22.9 Å². The Balaban J connectivity index is 1.52. The Bertz CT molecular complexity index is 1590. The first-order valence-corrected chi connectivity index (χ1v) is 9.62. The number of aromatic amines is 2. The molecule has 0 fully saturated rings. The third kappa shape index (κ3) is 2.93. The summed E-state index contributed by atoms with van der Waals surface area (Å²) in [5, 5.41) is 17.1. The molecule has 3 N–H and O–H groups in total. The Hall–Kier alpha value is -4.73. The standard InChI is InChI=1S/C22H13FN8O/c23-12-7-11(8-13(32)9-12)14-3-4-26-21-18(14)28-22(29-21)20-19-16(30-31-20)2-1-15(27-19)17-10-24-5-6-25-17/h1-10,32H,(H,30,31)(H,26,28,29). The first-order chi connectivity index (χ1) is 15.7. The zero-order valence-electron chi connectivity index (χ0n) is 16.3. The number of nitrogens with zero attached hydrogens (tertiary/aromatic N) is 6. The molecule has 5 aromatic heterocycles. The number of nitrogens with one attached hydrogen (secondary N) is 2. The van der Waals surface area contributed by atoms with Crippen LogP contribution >= 0.6 is 0 Å². The topological polar surface area (TPSA) is 129 Å². The van der Waals surface area contributed by atoms with Crippen LogP contribution < -0.4 is 0 Å². The normalized spacial score (nSPS) is 11.4. The summed E-state index contributed by atoms with van der Waals surface area (Å²) in [6.07, 6.45) is 6.42. The lowest BCUT2D eigenvalue weighted by Crippen LogP contribution is -1.89. The minimum Gasteiger partial charge on any atom is -0.508 e. The first-order valence-electron chi connectivity index (χ1n) is 9.62. The van der Waals surface area contributed by atoms with Crippen molar-refractivity contribution in [3.8, 4) is 39.8 Å². The number of phenols is 1. The fraction of sp³-hybridized carbons (Fsp3) is 0. The van der Waals surface area contributed by atoms with Gasteiger partial charge in [0, 0.05) is 30.2 Å². The van der Waals surface area contributed by atoms with Crippen molar-refractivity contribution < 1.29 is 9.50 Å². The second-order valence-corrected chi connectivity index (χ2v) is 7.10. The highest BCUT2D eigenvalue weighted by atomic mass is 19.1. The first kappa shape index (κ1) is 18.1. The zero-order valence-corrected chi connectivity index (χ0v) is 16.3. The molecule has 0 saturated heterocycles. The van der Waals surface area contributed by atoms with Crippen molar-refractivity contribution in [2.45, 2.75) is 0 Å². The average molecular weight is 424 g/mol. The molecule has 0 unspecified atom stereocenters. The van der Waals surface area contributed by atoms with Crippen molar-refractivity contribution in [3.05, 3.63) is 67.0 Å². The summed E-state index contributed by atoms with van der Waals surface area (Å²) in [7, 11) is 0. The summed E-state index contributed by atoms with van der Waals surface area (Å²) in [4.78, 5) is 25.2. The number of H-pyrrole nitrogens is 2. The second-order valence-electron chi connectivity index (χ2n) is 7.10. The number of fused-ring (bicyclic) bond motifs is 2. The number of aromatic nitrogens is 8. The maximum Gasteiger partial charge on any atom is 0.178 e. The van der Waals surface area contributed by atoms with E-state index in [9.17, 15) is 9.50 Å². The quantitative estimate of drug-likeness (QED) is 0.393. The average Bonchev–Trinajstić information content (AvgIpc) is 3.42. The maximum absolute atomic E-state index is 13.9. The van der Waals surface area contributed by atoms with E-state index in [-0.39, 0.29) is 5.75 Å². The number of benzene rings is 1. The van der Waals surface area contributed by atoms with Gasteiger partial charge >= 0.3 is 0 Å². The molecular formula is C22H13FN8O. The fourth-order valence-electron chi connectivity index (χ4n) is 3.63. The van der Waals surface area contributed by atoms with Gasteiger partial charge in [0.1, 0.15) is 22.8 Å². The van der Waals surface area contributed by atoms with E-state index in [0.29, 0.717) is 50.7 Å². The fourth-order valence-corrected chi connectivity index (χ4v) is 3.63. The molecule has 9 nitrogen and oxygen atoms in total. The molecule has 0 radical (unpaired) electrons. The van der Waals surface area contributed by atoms with Crippen LogP contribution in [0.2, 0.25) is 0 Å². The van der Waals surface area contributed by atoms with Crippen molar-refractivity contribution in [2.75, 3.05) is 0 Å². The lowest BCUT2D eigenvalue weighted by Gasteiger charge is -2.04. The molecule has 0 amide bonds. The largest absolute Gasteiger partial charge is 0.508 e. The van der Waals surface area contributed by atoms with Crippen LogP contribution in [-0.4, -0.2) is 45.2 Å². The molecule has 1 aromatic carbocycles. The molecule has 0 atom stereocenters. The van der Waals surface area contributed by atoms with Crippen LogP contribution in [-0.2, 0) is 0 Å². The second kappa shape index (κ2) is 6.91. The minimum absolute atomic E-state index is 0.163. The number of pyridine rings is 2. The summed E-state index contributed by atoms with van der Waals surface area (Å²) >= 11 is 0. The van der Waals surface area contributed by atoms with E-state index in [4.69, 9.17) is 4.98 Å². The molecule has 10 heteroatoms. The molecule has 6 rings (SSSR count). The maximum atomic E-state index is 13.9. The van der Waals surface area contributed by atoms with Crippen molar-refractivity contribution in [2.24, 2.45) is 0 Å². The van der Waals surface area contributed by atoms with E-state index in [0.717, 1.165) is 11.6 Å². The Labute approximate surface area is 179 Å². The molecule has 154 valence electrons. The van der Waals surface area contributed by atoms with Crippen LogP contribution in [0, 0.1) is 5.82 Å². The number of halogens is 1. The Morgan fingerprint density at radius 2 is 1.84 bits per heavy atom. The molecule has 0 spiro atoms. The van der Waals surface area contributed by atoms with Gasteiger partial charge in [0.25, 0.3) is 0 Å². The van der Waals surface area contributed by atoms with E-state index in [1.807, 2.05) is 12.1 Å². The Kier molecular flexibility index (Phi) is 3.90. The molecule has 0 aliphatic carbocycles. The van der Waals surface area contributed by atoms with E-state index in [1.165, 1.54) is 12.1 Å². The van der Waals surface area contributed by atoms with Gasteiger partial charge in [0.15, 0.2) is 17.2 Å². The summed E-state index contributed by atoms with van der Waals surface area (Å²) in [5.41, 5.74) is 5.32. The van der Waals surface area contributed by atoms with Crippen LogP contribution in [0.15, 0.2) is 61.2 Å². The van der Waals surface area contributed by atoms with Crippen LogP contribution in [0.5, 0.6) is 5.75 Å². The van der Waals surface area contributed by atoms with Gasteiger partial charge < -0.3 is 10.1 Å². The Morgan fingerprint density at radius 3 is 2.69 bits per heavy atom. The molecule has 0 bridgehead atoms. The van der Waals surface area contributed by atoms with Gasteiger partial charge in [-0.2, -0.15) is 5.10 Å². The molecule has 0 saturated carbocycles. The van der Waals surface area contributed by atoms with Gasteiger partial charge in [-0.3, -0.25) is 15.1 Å². The molecule has 6 aromatic rings. The van der Waals surface area contributed by atoms with Crippen molar-refractivity contribution >= 4 is 22.2 Å². The van der Waals surface area contributed by atoms with Gasteiger partial charge in [-0.1, -0.05) is 0 Å². The van der Waals surface area contributed by atoms with E-state index in [1.54, 1.807) is 30.9 Å². The highest BCUT2D eigenvalue weighted by Crippen LogP contribution is 2.32. The summed E-state index contributed by atoms with van der Waals surface area (Å²) < 4.78 is 13.9. The van der Waals surface area contributed by atoms with E-state index < -0.39 is 5.82 Å². The van der Waals surface area contributed by atoms with Crippen LogP contribution in [0.3, 0.4) is 0 Å². The third-order valence-electron chi connectivity index (χ3n) is 5.04. The number of imidazole rings is 1. The number of hydrogen-bond donors (Lipinski definition) is 3. The van der Waals surface area contributed by atoms with E-state index in [2.05, 4.69) is 35.1 Å². The third-order valence-corrected chi connectivity index (χ3v) is 5.04.